The van der Waals surface area contributed by atoms with Crippen LogP contribution in [0.2, 0.25) is 0 Å². The molecule has 2 heterocycles. The molecule has 0 radical (unpaired) electrons. The van der Waals surface area contributed by atoms with Crippen molar-refractivity contribution in [2.24, 2.45) is 5.41 Å². The van der Waals surface area contributed by atoms with Crippen molar-refractivity contribution in [2.45, 2.75) is 56.4 Å². The number of hydrogen-bond donors (Lipinski definition) is 2. The average molecular weight is 540 g/mol. The number of fused-ring (bicyclic) bond motifs is 2. The molecule has 6 nitrogen and oxygen atoms in total. The van der Waals surface area contributed by atoms with Crippen molar-refractivity contribution in [2.75, 3.05) is 18.8 Å². The molecular formula is C21H26FIN6S. The molecule has 0 aliphatic heterocycles. The zero-order valence-electron chi connectivity index (χ0n) is 17.4. The van der Waals surface area contributed by atoms with Gasteiger partial charge in [-0.1, -0.05) is 32.5 Å². The second kappa shape index (κ2) is 8.58. The van der Waals surface area contributed by atoms with Gasteiger partial charge in [0, 0.05) is 28.1 Å². The van der Waals surface area contributed by atoms with Crippen molar-refractivity contribution < 1.29 is 4.39 Å². The Hall–Kier alpha value is -1.46. The molecule has 160 valence electrons. The van der Waals surface area contributed by atoms with E-state index in [0.717, 1.165) is 49.9 Å². The second-order valence-electron chi connectivity index (χ2n) is 8.80. The van der Waals surface area contributed by atoms with E-state index in [9.17, 15) is 4.39 Å². The fourth-order valence-electron chi connectivity index (χ4n) is 3.60. The van der Waals surface area contributed by atoms with Gasteiger partial charge in [0.15, 0.2) is 22.1 Å². The standard InChI is InChI=1S/C21H26FIN6S/c1-21(2,3)10-25-6-7-29-19-17(18(24)26-11-27-19)28-20(29)30-16-9-13-12(8-15(16)23)4-5-14(13)22/h8-9,11,14,25H,4-7,10H2,1-3H3,(H2,24,26,27). The zero-order valence-corrected chi connectivity index (χ0v) is 20.3. The van der Waals surface area contributed by atoms with Gasteiger partial charge in [-0.25, -0.2) is 19.3 Å². The molecule has 3 N–H and O–H groups in total. The van der Waals surface area contributed by atoms with Crippen LogP contribution >= 0.6 is 34.4 Å². The molecule has 1 aliphatic carbocycles. The summed E-state index contributed by atoms with van der Waals surface area (Å²) < 4.78 is 17.5. The second-order valence-corrected chi connectivity index (χ2v) is 11.0. The summed E-state index contributed by atoms with van der Waals surface area (Å²) in [5.41, 5.74) is 9.54. The molecular weight excluding hydrogens is 514 g/mol. The quantitative estimate of drug-likeness (QED) is 0.347. The van der Waals surface area contributed by atoms with Crippen molar-refractivity contribution in [3.8, 4) is 0 Å². The number of anilines is 1. The molecule has 0 bridgehead atoms. The van der Waals surface area contributed by atoms with E-state index in [1.807, 2.05) is 6.07 Å². The molecule has 0 amide bonds. The van der Waals surface area contributed by atoms with Crippen LogP contribution in [0.5, 0.6) is 0 Å². The molecule has 1 unspecified atom stereocenters. The lowest BCUT2D eigenvalue weighted by Crippen LogP contribution is -2.29. The third-order valence-corrected chi connectivity index (χ3v) is 7.40. The molecule has 0 spiro atoms. The van der Waals surface area contributed by atoms with E-state index in [-0.39, 0.29) is 5.41 Å². The van der Waals surface area contributed by atoms with Crippen LogP contribution in [0.15, 0.2) is 28.5 Å². The Morgan fingerprint density at radius 3 is 2.90 bits per heavy atom. The minimum absolute atomic E-state index is 0.213. The van der Waals surface area contributed by atoms with Crippen LogP contribution in [-0.4, -0.2) is 32.6 Å². The number of benzene rings is 1. The lowest BCUT2D eigenvalue weighted by Gasteiger charge is -2.19. The van der Waals surface area contributed by atoms with Gasteiger partial charge < -0.3 is 15.6 Å². The number of nitrogen functional groups attached to an aromatic ring is 1. The molecule has 4 rings (SSSR count). The highest BCUT2D eigenvalue weighted by Crippen LogP contribution is 2.41. The van der Waals surface area contributed by atoms with Crippen LogP contribution in [0.3, 0.4) is 0 Å². The van der Waals surface area contributed by atoms with E-state index in [0.29, 0.717) is 24.3 Å². The maximum atomic E-state index is 14.3. The van der Waals surface area contributed by atoms with Crippen LogP contribution in [0, 0.1) is 8.99 Å². The Labute approximate surface area is 193 Å². The minimum Gasteiger partial charge on any atom is -0.382 e. The molecule has 0 fully saturated rings. The highest BCUT2D eigenvalue weighted by atomic mass is 127. The number of aromatic nitrogens is 4. The molecule has 0 saturated carbocycles. The molecule has 30 heavy (non-hydrogen) atoms. The molecule has 1 atom stereocenters. The predicted molar refractivity (Wildman–Crippen MR) is 128 cm³/mol. The number of alkyl halides is 1. The van der Waals surface area contributed by atoms with Gasteiger partial charge in [0.05, 0.1) is 0 Å². The number of rotatable bonds is 6. The number of nitrogens with zero attached hydrogens (tertiary/aromatic N) is 4. The van der Waals surface area contributed by atoms with Crippen LogP contribution in [0.1, 0.15) is 44.5 Å². The summed E-state index contributed by atoms with van der Waals surface area (Å²) in [6, 6.07) is 4.08. The van der Waals surface area contributed by atoms with Crippen LogP contribution in [-0.2, 0) is 13.0 Å². The Morgan fingerprint density at radius 2 is 2.13 bits per heavy atom. The number of halogens is 2. The van der Waals surface area contributed by atoms with Gasteiger partial charge >= 0.3 is 0 Å². The topological polar surface area (TPSA) is 81.7 Å². The van der Waals surface area contributed by atoms with Gasteiger partial charge in [0.25, 0.3) is 0 Å². The predicted octanol–water partition coefficient (Wildman–Crippen LogP) is 4.76. The maximum Gasteiger partial charge on any atom is 0.175 e. The minimum atomic E-state index is -0.877. The molecule has 1 aliphatic rings. The summed E-state index contributed by atoms with van der Waals surface area (Å²) in [6.07, 6.45) is 1.98. The SMILES string of the molecule is CC(C)(C)CNCCn1c(Sc2cc3c(cc2I)CCC3F)nc2c(N)ncnc21. The third-order valence-electron chi connectivity index (χ3n) is 5.09. The van der Waals surface area contributed by atoms with E-state index >= 15 is 0 Å². The summed E-state index contributed by atoms with van der Waals surface area (Å²) in [5, 5.41) is 4.29. The van der Waals surface area contributed by atoms with Gasteiger partial charge in [-0.2, -0.15) is 0 Å². The summed E-state index contributed by atoms with van der Waals surface area (Å²) in [6.45, 7) is 9.02. The lowest BCUT2D eigenvalue weighted by atomic mass is 9.97. The van der Waals surface area contributed by atoms with Crippen LogP contribution in [0.25, 0.3) is 11.2 Å². The first kappa shape index (κ1) is 21.8. The summed E-state index contributed by atoms with van der Waals surface area (Å²) in [7, 11) is 0. The van der Waals surface area contributed by atoms with E-state index in [1.54, 1.807) is 0 Å². The maximum absolute atomic E-state index is 14.3. The zero-order chi connectivity index (χ0) is 21.5. The summed E-state index contributed by atoms with van der Waals surface area (Å²) >= 11 is 3.86. The van der Waals surface area contributed by atoms with Gasteiger partial charge in [-0.15, -0.1) is 0 Å². The Kier molecular flexibility index (Phi) is 6.23. The van der Waals surface area contributed by atoms with Crippen molar-refractivity contribution >= 4 is 51.3 Å². The number of hydrogen-bond acceptors (Lipinski definition) is 6. The monoisotopic (exact) mass is 540 g/mol. The third kappa shape index (κ3) is 4.57. The highest BCUT2D eigenvalue weighted by molar-refractivity contribution is 14.1. The number of aryl methyl sites for hydroxylation is 1. The van der Waals surface area contributed by atoms with Gasteiger partial charge in [-0.3, -0.25) is 0 Å². The lowest BCUT2D eigenvalue weighted by molar-refractivity contribution is 0.343. The molecule has 3 aromatic rings. The van der Waals surface area contributed by atoms with Crippen LogP contribution < -0.4 is 11.1 Å². The average Bonchev–Trinajstić information content (AvgIpc) is 3.20. The smallest absolute Gasteiger partial charge is 0.175 e. The number of nitrogens with one attached hydrogen (secondary N) is 1. The Balaban J connectivity index is 1.65. The normalized spacial score (nSPS) is 16.4. The van der Waals surface area contributed by atoms with Crippen molar-refractivity contribution in [3.05, 3.63) is 33.2 Å². The van der Waals surface area contributed by atoms with Crippen molar-refractivity contribution in [1.29, 1.82) is 0 Å². The van der Waals surface area contributed by atoms with Crippen LogP contribution in [0.4, 0.5) is 10.2 Å². The Bertz CT molecular complexity index is 1080. The van der Waals surface area contributed by atoms with Gasteiger partial charge in [0.2, 0.25) is 0 Å². The van der Waals surface area contributed by atoms with E-state index in [2.05, 4.69) is 69.3 Å². The van der Waals surface area contributed by atoms with Crippen molar-refractivity contribution in [1.82, 2.24) is 24.8 Å². The van der Waals surface area contributed by atoms with Gasteiger partial charge in [-0.05, 0) is 64.1 Å². The first-order valence-corrected chi connectivity index (χ1v) is 11.9. The first-order valence-electron chi connectivity index (χ1n) is 10.0. The van der Waals surface area contributed by atoms with Crippen molar-refractivity contribution in [3.63, 3.8) is 0 Å². The highest BCUT2D eigenvalue weighted by Gasteiger charge is 2.25. The molecule has 9 heteroatoms. The number of imidazole rings is 1. The Morgan fingerprint density at radius 1 is 1.33 bits per heavy atom. The fourth-order valence-corrected chi connectivity index (χ4v) is 5.43. The summed E-state index contributed by atoms with van der Waals surface area (Å²) in [4.78, 5) is 14.3. The van der Waals surface area contributed by atoms with Gasteiger partial charge in [0.1, 0.15) is 12.5 Å². The fraction of sp³-hybridized carbons (Fsp3) is 0.476. The molecule has 2 aromatic heterocycles. The first-order chi connectivity index (χ1) is 14.2. The summed E-state index contributed by atoms with van der Waals surface area (Å²) in [5.74, 6) is 0.371. The van der Waals surface area contributed by atoms with E-state index in [1.165, 1.54) is 18.1 Å². The molecule has 1 aromatic carbocycles. The number of nitrogens with two attached hydrogens (primary N) is 1. The largest absolute Gasteiger partial charge is 0.382 e. The van der Waals surface area contributed by atoms with E-state index < -0.39 is 6.17 Å². The van der Waals surface area contributed by atoms with E-state index in [4.69, 9.17) is 10.7 Å². The molecule has 0 saturated heterocycles.